The zero-order chi connectivity index (χ0) is 14.8. The fraction of sp³-hybridized carbons (Fsp3) is 0.353. The van der Waals surface area contributed by atoms with Gasteiger partial charge in [0.25, 0.3) is 0 Å². The Balaban J connectivity index is 1.70. The lowest BCUT2D eigenvalue weighted by atomic mass is 9.98. The van der Waals surface area contributed by atoms with Crippen LogP contribution in [0.5, 0.6) is 0 Å². The number of carbonyl (C=O) groups is 1. The number of hydrogen-bond donors (Lipinski definition) is 2. The van der Waals surface area contributed by atoms with Crippen molar-refractivity contribution in [1.82, 2.24) is 0 Å². The third kappa shape index (κ3) is 3.27. The van der Waals surface area contributed by atoms with E-state index in [1.165, 1.54) is 23.3 Å². The minimum Gasteiger partial charge on any atom is -0.308 e. The van der Waals surface area contributed by atoms with Gasteiger partial charge in [0.1, 0.15) is 0 Å². The SMILES string of the molecule is Cc1cc(C)cc(NC(=O)Nc2csc3c2CCCC3)c1. The molecule has 110 valence electrons. The highest BCUT2D eigenvalue weighted by atomic mass is 32.1. The number of benzene rings is 1. The van der Waals surface area contributed by atoms with Crippen LogP contribution < -0.4 is 10.6 Å². The van der Waals surface area contributed by atoms with E-state index >= 15 is 0 Å². The standard InChI is InChI=1S/C17H20N2OS/c1-11-7-12(2)9-13(8-11)18-17(20)19-15-10-21-16-6-4-3-5-14(15)16/h7-10H,3-6H2,1-2H3,(H2,18,19,20). The maximum atomic E-state index is 12.2. The van der Waals surface area contributed by atoms with Crippen LogP contribution in [0.1, 0.15) is 34.4 Å². The van der Waals surface area contributed by atoms with Crippen molar-refractivity contribution >= 4 is 28.7 Å². The molecule has 0 unspecified atom stereocenters. The summed E-state index contributed by atoms with van der Waals surface area (Å²) in [5.74, 6) is 0. The van der Waals surface area contributed by atoms with Gasteiger partial charge >= 0.3 is 6.03 Å². The Kier molecular flexibility index (Phi) is 3.97. The van der Waals surface area contributed by atoms with Crippen molar-refractivity contribution in [2.75, 3.05) is 10.6 Å². The molecule has 0 fully saturated rings. The number of carbonyl (C=O) groups excluding carboxylic acids is 1. The molecule has 2 amide bonds. The summed E-state index contributed by atoms with van der Waals surface area (Å²) in [7, 11) is 0. The topological polar surface area (TPSA) is 41.1 Å². The molecule has 4 heteroatoms. The van der Waals surface area contributed by atoms with Crippen molar-refractivity contribution in [2.45, 2.75) is 39.5 Å². The molecule has 0 aliphatic heterocycles. The molecule has 0 bridgehead atoms. The van der Waals surface area contributed by atoms with E-state index in [1.807, 2.05) is 26.0 Å². The lowest BCUT2D eigenvalue weighted by Crippen LogP contribution is -2.20. The molecule has 0 saturated heterocycles. The van der Waals surface area contributed by atoms with Gasteiger partial charge in [-0.2, -0.15) is 0 Å². The van der Waals surface area contributed by atoms with Crippen LogP contribution in [0.3, 0.4) is 0 Å². The van der Waals surface area contributed by atoms with E-state index in [-0.39, 0.29) is 6.03 Å². The highest BCUT2D eigenvalue weighted by molar-refractivity contribution is 7.10. The summed E-state index contributed by atoms with van der Waals surface area (Å²) in [4.78, 5) is 13.6. The first-order chi connectivity index (χ1) is 10.1. The molecule has 1 aromatic heterocycles. The molecule has 1 aromatic carbocycles. The molecule has 0 radical (unpaired) electrons. The average molecular weight is 300 g/mol. The average Bonchev–Trinajstić information content (AvgIpc) is 2.81. The molecule has 1 aliphatic carbocycles. The fourth-order valence-corrected chi connectivity index (χ4v) is 4.01. The lowest BCUT2D eigenvalue weighted by Gasteiger charge is -2.14. The molecule has 1 aliphatic rings. The van der Waals surface area contributed by atoms with Crippen LogP contribution in [0, 0.1) is 13.8 Å². The Morgan fingerprint density at radius 2 is 1.76 bits per heavy atom. The number of urea groups is 1. The maximum Gasteiger partial charge on any atom is 0.323 e. The van der Waals surface area contributed by atoms with Gasteiger partial charge in [0.05, 0.1) is 5.69 Å². The van der Waals surface area contributed by atoms with Gasteiger partial charge in [0.2, 0.25) is 0 Å². The van der Waals surface area contributed by atoms with Crippen LogP contribution in [0.2, 0.25) is 0 Å². The first-order valence-corrected chi connectivity index (χ1v) is 8.25. The van der Waals surface area contributed by atoms with Gasteiger partial charge in [-0.05, 0) is 68.4 Å². The third-order valence-electron chi connectivity index (χ3n) is 3.79. The van der Waals surface area contributed by atoms with Crippen molar-refractivity contribution in [1.29, 1.82) is 0 Å². The molecule has 0 atom stereocenters. The highest BCUT2D eigenvalue weighted by Gasteiger charge is 2.17. The van der Waals surface area contributed by atoms with Crippen LogP contribution >= 0.6 is 11.3 Å². The van der Waals surface area contributed by atoms with Crippen molar-refractivity contribution in [2.24, 2.45) is 0 Å². The second-order valence-electron chi connectivity index (χ2n) is 5.71. The van der Waals surface area contributed by atoms with Crippen molar-refractivity contribution in [3.05, 3.63) is 45.1 Å². The van der Waals surface area contributed by atoms with E-state index < -0.39 is 0 Å². The van der Waals surface area contributed by atoms with Gasteiger partial charge in [-0.25, -0.2) is 4.79 Å². The van der Waals surface area contributed by atoms with E-state index in [2.05, 4.69) is 22.1 Å². The number of amides is 2. The zero-order valence-electron chi connectivity index (χ0n) is 12.5. The van der Waals surface area contributed by atoms with Gasteiger partial charge in [-0.1, -0.05) is 6.07 Å². The summed E-state index contributed by atoms with van der Waals surface area (Å²) >= 11 is 1.76. The van der Waals surface area contributed by atoms with Crippen LogP contribution in [-0.4, -0.2) is 6.03 Å². The Morgan fingerprint density at radius 3 is 2.52 bits per heavy atom. The number of anilines is 2. The molecule has 1 heterocycles. The summed E-state index contributed by atoms with van der Waals surface area (Å²) in [6.07, 6.45) is 4.72. The number of rotatable bonds is 2. The summed E-state index contributed by atoms with van der Waals surface area (Å²) < 4.78 is 0. The Bertz CT molecular complexity index is 655. The molecular weight excluding hydrogens is 280 g/mol. The minimum absolute atomic E-state index is 0.161. The van der Waals surface area contributed by atoms with Gasteiger partial charge in [-0.3, -0.25) is 0 Å². The van der Waals surface area contributed by atoms with E-state index in [1.54, 1.807) is 11.3 Å². The summed E-state index contributed by atoms with van der Waals surface area (Å²) in [6.45, 7) is 4.07. The molecule has 3 nitrogen and oxygen atoms in total. The third-order valence-corrected chi connectivity index (χ3v) is 4.88. The lowest BCUT2D eigenvalue weighted by molar-refractivity contribution is 0.262. The highest BCUT2D eigenvalue weighted by Crippen LogP contribution is 2.33. The van der Waals surface area contributed by atoms with Crippen LogP contribution in [0.15, 0.2) is 23.6 Å². The quantitative estimate of drug-likeness (QED) is 0.814. The first kappa shape index (κ1) is 14.1. The smallest absolute Gasteiger partial charge is 0.308 e. The van der Waals surface area contributed by atoms with E-state index in [0.717, 1.165) is 35.3 Å². The Labute approximate surface area is 129 Å². The normalized spacial score (nSPS) is 13.6. The van der Waals surface area contributed by atoms with Crippen molar-refractivity contribution in [3.8, 4) is 0 Å². The molecule has 3 rings (SSSR count). The Morgan fingerprint density at radius 1 is 1.05 bits per heavy atom. The molecule has 0 saturated carbocycles. The molecule has 2 aromatic rings. The largest absolute Gasteiger partial charge is 0.323 e. The number of fused-ring (bicyclic) bond motifs is 1. The first-order valence-electron chi connectivity index (χ1n) is 7.37. The zero-order valence-corrected chi connectivity index (χ0v) is 13.3. The van der Waals surface area contributed by atoms with E-state index in [9.17, 15) is 4.79 Å². The number of nitrogens with one attached hydrogen (secondary N) is 2. The monoisotopic (exact) mass is 300 g/mol. The number of thiophene rings is 1. The molecular formula is C17H20N2OS. The van der Waals surface area contributed by atoms with Gasteiger partial charge in [-0.15, -0.1) is 11.3 Å². The van der Waals surface area contributed by atoms with Crippen LogP contribution in [-0.2, 0) is 12.8 Å². The van der Waals surface area contributed by atoms with Gasteiger partial charge in [0.15, 0.2) is 0 Å². The number of hydrogen-bond acceptors (Lipinski definition) is 2. The second kappa shape index (κ2) is 5.90. The second-order valence-corrected chi connectivity index (χ2v) is 6.68. The van der Waals surface area contributed by atoms with Gasteiger partial charge < -0.3 is 10.6 Å². The fourth-order valence-electron chi connectivity index (χ4n) is 2.93. The minimum atomic E-state index is -0.161. The maximum absolute atomic E-state index is 12.2. The van der Waals surface area contributed by atoms with E-state index in [0.29, 0.717) is 0 Å². The summed E-state index contributed by atoms with van der Waals surface area (Å²) in [5.41, 5.74) is 5.46. The molecule has 0 spiro atoms. The van der Waals surface area contributed by atoms with Crippen LogP contribution in [0.4, 0.5) is 16.2 Å². The predicted octanol–water partition coefficient (Wildman–Crippen LogP) is 4.89. The van der Waals surface area contributed by atoms with Crippen LogP contribution in [0.25, 0.3) is 0 Å². The van der Waals surface area contributed by atoms with E-state index in [4.69, 9.17) is 0 Å². The molecule has 2 N–H and O–H groups in total. The molecule has 21 heavy (non-hydrogen) atoms. The Hall–Kier alpha value is -1.81. The summed E-state index contributed by atoms with van der Waals surface area (Å²) in [6, 6.07) is 5.90. The summed E-state index contributed by atoms with van der Waals surface area (Å²) in [5, 5.41) is 7.99. The number of aryl methyl sites for hydroxylation is 3. The van der Waals surface area contributed by atoms with Gasteiger partial charge in [0, 0.05) is 15.9 Å². The van der Waals surface area contributed by atoms with Crippen molar-refractivity contribution < 1.29 is 4.79 Å². The van der Waals surface area contributed by atoms with Crippen molar-refractivity contribution in [3.63, 3.8) is 0 Å². The predicted molar refractivity (Wildman–Crippen MR) is 89.5 cm³/mol.